The molecular weight excluding hydrogens is 346 g/mol. The number of rotatable bonds is 8. The minimum Gasteiger partial charge on any atom is -0.340 e. The fourth-order valence-electron chi connectivity index (χ4n) is 3.22. The number of ketones is 1. The van der Waals surface area contributed by atoms with Crippen LogP contribution in [-0.4, -0.2) is 15.8 Å². The molecule has 0 spiro atoms. The molecule has 0 radical (unpaired) electrons. The highest BCUT2D eigenvalue weighted by molar-refractivity contribution is 6.09. The maximum Gasteiger partial charge on any atom is 0.194 e. The normalized spacial score (nSPS) is 10.9. The molecule has 3 rings (SSSR count). The van der Waals surface area contributed by atoms with Gasteiger partial charge in [0.1, 0.15) is 5.82 Å². The number of pyridine rings is 2. The number of benzene rings is 1. The number of aryl methyl sites for hydroxylation is 1. The van der Waals surface area contributed by atoms with E-state index in [-0.39, 0.29) is 5.78 Å². The van der Waals surface area contributed by atoms with Crippen molar-refractivity contribution in [2.24, 2.45) is 5.92 Å². The van der Waals surface area contributed by atoms with Gasteiger partial charge in [0.05, 0.1) is 0 Å². The van der Waals surface area contributed by atoms with E-state index in [1.54, 1.807) is 24.7 Å². The minimum atomic E-state index is -0.0112. The van der Waals surface area contributed by atoms with E-state index in [4.69, 9.17) is 0 Å². The molecule has 0 aliphatic carbocycles. The fourth-order valence-corrected chi connectivity index (χ4v) is 3.22. The van der Waals surface area contributed by atoms with E-state index in [9.17, 15) is 4.79 Å². The van der Waals surface area contributed by atoms with Crippen molar-refractivity contribution in [1.82, 2.24) is 9.97 Å². The molecule has 2 aromatic heterocycles. The number of nitrogens with one attached hydrogen (secondary N) is 1. The van der Waals surface area contributed by atoms with Crippen LogP contribution in [0.3, 0.4) is 0 Å². The van der Waals surface area contributed by atoms with E-state index in [1.807, 2.05) is 12.1 Å². The van der Waals surface area contributed by atoms with Gasteiger partial charge in [0.25, 0.3) is 0 Å². The summed E-state index contributed by atoms with van der Waals surface area (Å²) in [7, 11) is 0. The maximum absolute atomic E-state index is 12.8. The number of hydrogen-bond acceptors (Lipinski definition) is 4. The molecule has 0 saturated carbocycles. The van der Waals surface area contributed by atoms with E-state index in [0.717, 1.165) is 36.3 Å². The molecule has 0 aliphatic rings. The number of hydrogen-bond donors (Lipinski definition) is 1. The molecule has 0 bridgehead atoms. The summed E-state index contributed by atoms with van der Waals surface area (Å²) in [5.41, 5.74) is 4.59. The van der Waals surface area contributed by atoms with Gasteiger partial charge in [-0.15, -0.1) is 0 Å². The SMILES string of the molecule is CCCc1cnccc1C(=O)c1ccc(Nc2ccc(CC(C)C)cc2)nc1. The zero-order chi connectivity index (χ0) is 19.9. The summed E-state index contributed by atoms with van der Waals surface area (Å²) in [5.74, 6) is 1.35. The first-order valence-corrected chi connectivity index (χ1v) is 9.86. The van der Waals surface area contributed by atoms with E-state index >= 15 is 0 Å². The Bertz CT molecular complexity index is 915. The molecule has 1 aromatic carbocycles. The van der Waals surface area contributed by atoms with Gasteiger partial charge in [-0.1, -0.05) is 39.3 Å². The Balaban J connectivity index is 1.70. The van der Waals surface area contributed by atoms with Gasteiger partial charge in [0.15, 0.2) is 5.78 Å². The second kappa shape index (κ2) is 9.27. The zero-order valence-corrected chi connectivity index (χ0v) is 16.8. The molecule has 0 fully saturated rings. The van der Waals surface area contributed by atoms with Gasteiger partial charge in [-0.05, 0) is 60.2 Å². The largest absolute Gasteiger partial charge is 0.340 e. The Morgan fingerprint density at radius 1 is 1.04 bits per heavy atom. The van der Waals surface area contributed by atoms with Crippen LogP contribution in [0, 0.1) is 5.92 Å². The molecule has 0 unspecified atom stereocenters. The minimum absolute atomic E-state index is 0.0112. The third kappa shape index (κ3) is 5.03. The Hall–Kier alpha value is -3.01. The van der Waals surface area contributed by atoms with Crippen LogP contribution in [0.2, 0.25) is 0 Å². The molecule has 0 atom stereocenters. The molecule has 1 N–H and O–H groups in total. The highest BCUT2D eigenvalue weighted by Crippen LogP contribution is 2.19. The molecular formula is C24H27N3O. The number of aromatic nitrogens is 2. The standard InChI is InChI=1S/C24H27N3O/c1-4-5-19-15-25-13-12-22(19)24(28)20-8-11-23(26-16-20)27-21-9-6-18(7-10-21)14-17(2)3/h6-13,15-17H,4-5,14H2,1-3H3,(H,26,27). The molecule has 0 aliphatic heterocycles. The predicted octanol–water partition coefficient (Wildman–Crippen LogP) is 5.60. The van der Waals surface area contributed by atoms with Crippen molar-refractivity contribution in [3.8, 4) is 0 Å². The number of carbonyl (C=O) groups excluding carboxylic acids is 1. The van der Waals surface area contributed by atoms with Crippen molar-refractivity contribution < 1.29 is 4.79 Å². The summed E-state index contributed by atoms with van der Waals surface area (Å²) in [5, 5.41) is 3.29. The molecule has 144 valence electrons. The lowest BCUT2D eigenvalue weighted by atomic mass is 9.99. The topological polar surface area (TPSA) is 54.9 Å². The van der Waals surface area contributed by atoms with E-state index in [2.05, 4.69) is 60.3 Å². The van der Waals surface area contributed by atoms with Gasteiger partial charge in [-0.2, -0.15) is 0 Å². The van der Waals surface area contributed by atoms with Crippen LogP contribution in [0.15, 0.2) is 61.1 Å². The van der Waals surface area contributed by atoms with Gasteiger partial charge >= 0.3 is 0 Å². The quantitative estimate of drug-likeness (QED) is 0.522. The Kier molecular flexibility index (Phi) is 6.53. The lowest BCUT2D eigenvalue weighted by Gasteiger charge is -2.10. The molecule has 2 heterocycles. The molecule has 3 aromatic rings. The first-order chi connectivity index (χ1) is 13.6. The van der Waals surface area contributed by atoms with Crippen LogP contribution >= 0.6 is 0 Å². The Morgan fingerprint density at radius 3 is 2.46 bits per heavy atom. The lowest BCUT2D eigenvalue weighted by molar-refractivity contribution is 0.103. The van der Waals surface area contributed by atoms with Crippen molar-refractivity contribution in [3.05, 3.63) is 83.3 Å². The summed E-state index contributed by atoms with van der Waals surface area (Å²) >= 11 is 0. The van der Waals surface area contributed by atoms with E-state index < -0.39 is 0 Å². The maximum atomic E-state index is 12.8. The monoisotopic (exact) mass is 373 g/mol. The third-order valence-electron chi connectivity index (χ3n) is 4.56. The zero-order valence-electron chi connectivity index (χ0n) is 16.8. The first kappa shape index (κ1) is 19.7. The molecule has 4 nitrogen and oxygen atoms in total. The van der Waals surface area contributed by atoms with Crippen LogP contribution in [-0.2, 0) is 12.8 Å². The highest BCUT2D eigenvalue weighted by atomic mass is 16.1. The van der Waals surface area contributed by atoms with Crippen molar-refractivity contribution in [2.45, 2.75) is 40.0 Å². The van der Waals surface area contributed by atoms with E-state index in [0.29, 0.717) is 17.0 Å². The van der Waals surface area contributed by atoms with Gasteiger partial charge < -0.3 is 5.32 Å². The number of anilines is 2. The molecule has 28 heavy (non-hydrogen) atoms. The van der Waals surface area contributed by atoms with Crippen molar-refractivity contribution in [2.75, 3.05) is 5.32 Å². The Morgan fingerprint density at radius 2 is 1.82 bits per heavy atom. The predicted molar refractivity (Wildman–Crippen MR) is 114 cm³/mol. The fraction of sp³-hybridized carbons (Fsp3) is 0.292. The average Bonchev–Trinajstić information content (AvgIpc) is 2.70. The second-order valence-electron chi connectivity index (χ2n) is 7.46. The van der Waals surface area contributed by atoms with Gasteiger partial charge in [-0.25, -0.2) is 4.98 Å². The van der Waals surface area contributed by atoms with Crippen LogP contribution in [0.25, 0.3) is 0 Å². The van der Waals surface area contributed by atoms with E-state index in [1.165, 1.54) is 5.56 Å². The number of carbonyl (C=O) groups is 1. The van der Waals surface area contributed by atoms with Crippen molar-refractivity contribution in [1.29, 1.82) is 0 Å². The smallest absolute Gasteiger partial charge is 0.194 e. The van der Waals surface area contributed by atoms with Crippen LogP contribution in [0.5, 0.6) is 0 Å². The average molecular weight is 374 g/mol. The molecule has 4 heteroatoms. The van der Waals surface area contributed by atoms with Gasteiger partial charge in [0.2, 0.25) is 0 Å². The Labute approximate surface area is 167 Å². The van der Waals surface area contributed by atoms with Crippen LogP contribution in [0.1, 0.15) is 54.2 Å². The third-order valence-corrected chi connectivity index (χ3v) is 4.56. The summed E-state index contributed by atoms with van der Waals surface area (Å²) < 4.78 is 0. The van der Waals surface area contributed by atoms with Gasteiger partial charge in [-0.3, -0.25) is 9.78 Å². The highest BCUT2D eigenvalue weighted by Gasteiger charge is 2.13. The summed E-state index contributed by atoms with van der Waals surface area (Å²) in [6.07, 6.45) is 7.97. The van der Waals surface area contributed by atoms with Crippen molar-refractivity contribution >= 4 is 17.3 Å². The van der Waals surface area contributed by atoms with Crippen LogP contribution < -0.4 is 5.32 Å². The van der Waals surface area contributed by atoms with Gasteiger partial charge in [0, 0.05) is 35.4 Å². The summed E-state index contributed by atoms with van der Waals surface area (Å²) in [6, 6.07) is 13.9. The van der Waals surface area contributed by atoms with Crippen molar-refractivity contribution in [3.63, 3.8) is 0 Å². The summed E-state index contributed by atoms with van der Waals surface area (Å²) in [4.78, 5) is 21.4. The first-order valence-electron chi connectivity index (χ1n) is 9.86. The van der Waals surface area contributed by atoms with Crippen LogP contribution in [0.4, 0.5) is 11.5 Å². The number of nitrogens with zero attached hydrogens (tertiary/aromatic N) is 2. The molecule has 0 amide bonds. The summed E-state index contributed by atoms with van der Waals surface area (Å²) in [6.45, 7) is 6.53. The lowest BCUT2D eigenvalue weighted by Crippen LogP contribution is -2.07. The molecule has 0 saturated heterocycles. The second-order valence-corrected chi connectivity index (χ2v) is 7.46.